The lowest BCUT2D eigenvalue weighted by atomic mass is 10.1. The van der Waals surface area contributed by atoms with E-state index in [-0.39, 0.29) is 11.3 Å². The molecule has 0 spiro atoms. The number of benzene rings is 1. The summed E-state index contributed by atoms with van der Waals surface area (Å²) in [4.78, 5) is 13.8. The average Bonchev–Trinajstić information content (AvgIpc) is 2.44. The Kier molecular flexibility index (Phi) is 6.91. The number of aromatic amines is 1. The van der Waals surface area contributed by atoms with E-state index < -0.39 is 5.56 Å². The second kappa shape index (κ2) is 7.91. The Hall–Kier alpha value is -2.28. The minimum absolute atomic E-state index is 0.247. The van der Waals surface area contributed by atoms with Gasteiger partial charge in [-0.1, -0.05) is 39.8 Å². The van der Waals surface area contributed by atoms with Gasteiger partial charge in [-0.15, -0.1) is 0 Å². The fourth-order valence-electron chi connectivity index (χ4n) is 1.33. The molecule has 0 atom stereocenters. The molecule has 0 amide bonds. The molecule has 0 unspecified atom stereocenters. The van der Waals surface area contributed by atoms with Crippen molar-refractivity contribution < 1.29 is 5.11 Å². The van der Waals surface area contributed by atoms with Crippen molar-refractivity contribution in [2.24, 2.45) is 0 Å². The summed E-state index contributed by atoms with van der Waals surface area (Å²) in [5, 5.41) is 18.7. The molecular formula is C14H18N2O2. The highest BCUT2D eigenvalue weighted by Gasteiger charge is 2.09. The zero-order valence-corrected chi connectivity index (χ0v) is 11.1. The van der Waals surface area contributed by atoms with Gasteiger partial charge in [0.2, 0.25) is 0 Å². The molecule has 0 aliphatic carbocycles. The smallest absolute Gasteiger partial charge is 0.270 e. The lowest BCUT2D eigenvalue weighted by molar-refractivity contribution is 0.478. The van der Waals surface area contributed by atoms with Crippen molar-refractivity contribution in [3.05, 3.63) is 40.2 Å². The van der Waals surface area contributed by atoms with Gasteiger partial charge >= 0.3 is 0 Å². The van der Waals surface area contributed by atoms with E-state index in [4.69, 9.17) is 5.26 Å². The minimum Gasteiger partial charge on any atom is -0.506 e. The minimum atomic E-state index is -0.566. The van der Waals surface area contributed by atoms with Gasteiger partial charge in [0.05, 0.1) is 5.52 Å². The summed E-state index contributed by atoms with van der Waals surface area (Å²) in [7, 11) is 0. The SMILES string of the molecule is CC.CC.N#Cc1c(O)c2ccccc2[nH]c1=O. The second-order valence-electron chi connectivity index (χ2n) is 2.84. The van der Waals surface area contributed by atoms with E-state index in [1.165, 1.54) is 0 Å². The lowest BCUT2D eigenvalue weighted by Crippen LogP contribution is -2.09. The molecule has 0 saturated heterocycles. The molecule has 0 radical (unpaired) electrons. The van der Waals surface area contributed by atoms with E-state index in [0.717, 1.165) is 0 Å². The predicted octanol–water partition coefficient (Wildman–Crippen LogP) is 3.16. The van der Waals surface area contributed by atoms with Crippen LogP contribution in [0.5, 0.6) is 5.75 Å². The second-order valence-corrected chi connectivity index (χ2v) is 2.84. The Morgan fingerprint density at radius 3 is 2.28 bits per heavy atom. The van der Waals surface area contributed by atoms with Crippen LogP contribution in [0.15, 0.2) is 29.1 Å². The molecule has 0 aliphatic heterocycles. The first kappa shape index (κ1) is 15.7. The summed E-state index contributed by atoms with van der Waals surface area (Å²) in [5.74, 6) is -0.258. The average molecular weight is 246 g/mol. The maximum atomic E-state index is 11.2. The molecule has 0 fully saturated rings. The first-order valence-corrected chi connectivity index (χ1v) is 5.98. The van der Waals surface area contributed by atoms with E-state index in [1.807, 2.05) is 27.7 Å². The molecule has 0 aliphatic rings. The Balaban J connectivity index is 0.000000659. The third kappa shape index (κ3) is 3.11. The third-order valence-electron chi connectivity index (χ3n) is 2.01. The van der Waals surface area contributed by atoms with Crippen LogP contribution in [0.2, 0.25) is 0 Å². The van der Waals surface area contributed by atoms with Gasteiger partial charge in [-0.2, -0.15) is 5.26 Å². The largest absolute Gasteiger partial charge is 0.506 e. The predicted molar refractivity (Wildman–Crippen MR) is 73.6 cm³/mol. The molecule has 2 rings (SSSR count). The van der Waals surface area contributed by atoms with E-state index in [1.54, 1.807) is 30.3 Å². The van der Waals surface area contributed by atoms with Gasteiger partial charge < -0.3 is 10.1 Å². The maximum Gasteiger partial charge on any atom is 0.270 e. The van der Waals surface area contributed by atoms with Crippen LogP contribution in [0.3, 0.4) is 0 Å². The van der Waals surface area contributed by atoms with Gasteiger partial charge in [-0.3, -0.25) is 4.79 Å². The summed E-state index contributed by atoms with van der Waals surface area (Å²) < 4.78 is 0. The van der Waals surface area contributed by atoms with Crippen LogP contribution in [-0.2, 0) is 0 Å². The fraction of sp³-hybridized carbons (Fsp3) is 0.286. The molecule has 18 heavy (non-hydrogen) atoms. The van der Waals surface area contributed by atoms with Crippen molar-refractivity contribution >= 4 is 10.9 Å². The number of H-pyrrole nitrogens is 1. The summed E-state index contributed by atoms with van der Waals surface area (Å²) in [6, 6.07) is 8.43. The number of rotatable bonds is 0. The Morgan fingerprint density at radius 2 is 1.72 bits per heavy atom. The lowest BCUT2D eigenvalue weighted by Gasteiger charge is -2.00. The molecule has 4 heteroatoms. The standard InChI is InChI=1S/C10H6N2O2.2C2H6/c11-5-7-9(13)6-3-1-2-4-8(6)12-10(7)14;2*1-2/h1-4H,(H2,12,13,14);2*1-2H3. The van der Waals surface area contributed by atoms with E-state index in [0.29, 0.717) is 10.9 Å². The first-order chi connectivity index (χ1) is 8.74. The number of hydrogen-bond acceptors (Lipinski definition) is 3. The van der Waals surface area contributed by atoms with Gasteiger partial charge in [0, 0.05) is 5.39 Å². The fourth-order valence-corrected chi connectivity index (χ4v) is 1.33. The summed E-state index contributed by atoms with van der Waals surface area (Å²) in [5.41, 5.74) is -0.290. The number of nitrogens with zero attached hydrogens (tertiary/aromatic N) is 1. The molecule has 96 valence electrons. The van der Waals surface area contributed by atoms with Gasteiger partial charge in [0.1, 0.15) is 11.8 Å². The normalized spacial score (nSPS) is 8.39. The van der Waals surface area contributed by atoms with E-state index in [2.05, 4.69) is 4.98 Å². The topological polar surface area (TPSA) is 76.9 Å². The molecule has 0 saturated carbocycles. The molecule has 2 aromatic rings. The van der Waals surface area contributed by atoms with Crippen molar-refractivity contribution in [2.75, 3.05) is 0 Å². The van der Waals surface area contributed by atoms with Crippen LogP contribution in [0.25, 0.3) is 10.9 Å². The number of nitriles is 1. The van der Waals surface area contributed by atoms with E-state index in [9.17, 15) is 9.90 Å². The Morgan fingerprint density at radius 1 is 1.17 bits per heavy atom. The van der Waals surface area contributed by atoms with Crippen LogP contribution in [0, 0.1) is 11.3 Å². The van der Waals surface area contributed by atoms with Crippen molar-refractivity contribution in [1.82, 2.24) is 4.98 Å². The molecule has 1 aromatic heterocycles. The number of para-hydroxylation sites is 1. The molecule has 1 aromatic carbocycles. The van der Waals surface area contributed by atoms with Crippen LogP contribution in [-0.4, -0.2) is 10.1 Å². The number of fused-ring (bicyclic) bond motifs is 1. The van der Waals surface area contributed by atoms with Crippen LogP contribution < -0.4 is 5.56 Å². The van der Waals surface area contributed by atoms with Gasteiger partial charge in [-0.25, -0.2) is 0 Å². The molecule has 4 nitrogen and oxygen atoms in total. The number of pyridine rings is 1. The van der Waals surface area contributed by atoms with Gasteiger partial charge in [0.25, 0.3) is 5.56 Å². The number of aromatic hydroxyl groups is 1. The van der Waals surface area contributed by atoms with Crippen molar-refractivity contribution in [1.29, 1.82) is 5.26 Å². The monoisotopic (exact) mass is 246 g/mol. The van der Waals surface area contributed by atoms with Crippen molar-refractivity contribution in [3.8, 4) is 11.8 Å². The summed E-state index contributed by atoms with van der Waals surface area (Å²) in [6.07, 6.45) is 0. The maximum absolute atomic E-state index is 11.2. The highest BCUT2D eigenvalue weighted by Crippen LogP contribution is 2.23. The van der Waals surface area contributed by atoms with Crippen LogP contribution in [0.1, 0.15) is 33.3 Å². The molecule has 2 N–H and O–H groups in total. The number of nitrogens with one attached hydrogen (secondary N) is 1. The van der Waals surface area contributed by atoms with Crippen molar-refractivity contribution in [3.63, 3.8) is 0 Å². The van der Waals surface area contributed by atoms with E-state index >= 15 is 0 Å². The van der Waals surface area contributed by atoms with Gasteiger partial charge in [-0.05, 0) is 12.1 Å². The first-order valence-electron chi connectivity index (χ1n) is 5.98. The van der Waals surface area contributed by atoms with Crippen molar-refractivity contribution in [2.45, 2.75) is 27.7 Å². The zero-order chi connectivity index (χ0) is 14.1. The Bertz CT molecular complexity index is 595. The molecule has 1 heterocycles. The van der Waals surface area contributed by atoms with Crippen LogP contribution >= 0.6 is 0 Å². The van der Waals surface area contributed by atoms with Crippen LogP contribution in [0.4, 0.5) is 0 Å². The quantitative estimate of drug-likeness (QED) is 0.749. The summed E-state index contributed by atoms with van der Waals surface area (Å²) in [6.45, 7) is 8.00. The molecule has 0 bridgehead atoms. The Labute approximate surface area is 107 Å². The number of aromatic nitrogens is 1. The van der Waals surface area contributed by atoms with Gasteiger partial charge in [0.15, 0.2) is 5.56 Å². The molecular weight excluding hydrogens is 228 g/mol. The highest BCUT2D eigenvalue weighted by molar-refractivity contribution is 5.86. The number of hydrogen-bond donors (Lipinski definition) is 2. The zero-order valence-electron chi connectivity index (χ0n) is 11.1. The highest BCUT2D eigenvalue weighted by atomic mass is 16.3. The third-order valence-corrected chi connectivity index (χ3v) is 2.01. The summed E-state index contributed by atoms with van der Waals surface area (Å²) >= 11 is 0.